The highest BCUT2D eigenvalue weighted by atomic mass is 15.2. The molecule has 5 nitrogen and oxygen atoms in total. The molecule has 0 saturated carbocycles. The van der Waals surface area contributed by atoms with Gasteiger partial charge in [0.15, 0.2) is 11.6 Å². The Balaban J connectivity index is 1.31. The normalized spacial score (nSPS) is 11.6. The zero-order chi connectivity index (χ0) is 33.0. The summed E-state index contributed by atoms with van der Waals surface area (Å²) < 4.78 is 4.58. The van der Waals surface area contributed by atoms with Crippen LogP contribution in [0.4, 0.5) is 0 Å². The van der Waals surface area contributed by atoms with Crippen LogP contribution in [0.1, 0.15) is 0 Å². The second kappa shape index (κ2) is 11.4. The number of nitrogens with zero attached hydrogens (tertiary/aromatic N) is 5. The fraction of sp³-hybridized carbons (Fsp3) is 0. The minimum absolute atomic E-state index is 0.578. The Morgan fingerprint density at radius 1 is 0.320 bits per heavy atom. The predicted molar refractivity (Wildman–Crippen MR) is 205 cm³/mol. The molecule has 0 aliphatic carbocycles. The maximum atomic E-state index is 5.29. The zero-order valence-electron chi connectivity index (χ0n) is 27.0. The van der Waals surface area contributed by atoms with Crippen LogP contribution >= 0.6 is 0 Å². The van der Waals surface area contributed by atoms with Crippen molar-refractivity contribution in [2.75, 3.05) is 0 Å². The molecule has 0 N–H and O–H groups in total. The maximum absolute atomic E-state index is 5.29. The number of fused-ring (bicyclic) bond motifs is 7. The van der Waals surface area contributed by atoms with Crippen LogP contribution in [0.25, 0.3) is 89.2 Å². The van der Waals surface area contributed by atoms with Gasteiger partial charge in [-0.25, -0.2) is 4.98 Å². The van der Waals surface area contributed by atoms with Gasteiger partial charge >= 0.3 is 0 Å². The molecule has 0 bridgehead atoms. The molecule has 0 fully saturated rings. The number of rotatable bonds is 5. The number of aromatic nitrogens is 5. The van der Waals surface area contributed by atoms with Gasteiger partial charge in [0.2, 0.25) is 5.95 Å². The number of para-hydroxylation sites is 3. The average Bonchev–Trinajstić information content (AvgIpc) is 3.72. The Hall–Kier alpha value is -6.85. The van der Waals surface area contributed by atoms with Gasteiger partial charge in [0.1, 0.15) is 0 Å². The largest absolute Gasteiger partial charge is 0.309 e. The molecule has 7 aromatic carbocycles. The summed E-state index contributed by atoms with van der Waals surface area (Å²) in [5.74, 6) is 1.83. The van der Waals surface area contributed by atoms with Crippen LogP contribution in [-0.2, 0) is 0 Å². The van der Waals surface area contributed by atoms with Gasteiger partial charge in [-0.15, -0.1) is 0 Å². The summed E-state index contributed by atoms with van der Waals surface area (Å²) >= 11 is 0. The topological polar surface area (TPSA) is 48.5 Å². The van der Waals surface area contributed by atoms with Gasteiger partial charge in [0.25, 0.3) is 0 Å². The average molecular weight is 640 g/mol. The van der Waals surface area contributed by atoms with Crippen molar-refractivity contribution in [3.63, 3.8) is 0 Å². The molecule has 10 aromatic rings. The van der Waals surface area contributed by atoms with E-state index in [1.165, 1.54) is 21.7 Å². The first-order valence-electron chi connectivity index (χ1n) is 16.8. The van der Waals surface area contributed by atoms with Gasteiger partial charge in [-0.2, -0.15) is 9.97 Å². The lowest BCUT2D eigenvalue weighted by Gasteiger charge is -2.13. The zero-order valence-corrected chi connectivity index (χ0v) is 27.0. The van der Waals surface area contributed by atoms with E-state index in [9.17, 15) is 0 Å². The SMILES string of the molecule is c1ccc(-c2nc(-c3ccccc3-c3ccccc3)nc(-n3c4ccccc4c4c5c6ccccc6n(-c6ccccc6)c5ccc43)n2)cc1. The predicted octanol–water partition coefficient (Wildman–Crippen LogP) is 11.1. The Bertz CT molecular complexity index is 2850. The number of hydrogen-bond donors (Lipinski definition) is 0. The third-order valence-electron chi connectivity index (χ3n) is 9.59. The number of benzene rings is 7. The minimum atomic E-state index is 0.578. The van der Waals surface area contributed by atoms with E-state index in [0.29, 0.717) is 17.6 Å². The van der Waals surface area contributed by atoms with Crippen molar-refractivity contribution in [1.29, 1.82) is 0 Å². The van der Waals surface area contributed by atoms with E-state index < -0.39 is 0 Å². The molecule has 5 heteroatoms. The Morgan fingerprint density at radius 3 is 1.46 bits per heavy atom. The van der Waals surface area contributed by atoms with E-state index in [1.54, 1.807) is 0 Å². The van der Waals surface area contributed by atoms with Crippen LogP contribution in [0.2, 0.25) is 0 Å². The molecule has 0 saturated heterocycles. The molecule has 0 amide bonds. The van der Waals surface area contributed by atoms with Crippen molar-refractivity contribution in [3.05, 3.63) is 176 Å². The third-order valence-corrected chi connectivity index (χ3v) is 9.59. The molecular formula is C45H29N5. The van der Waals surface area contributed by atoms with Gasteiger partial charge in [-0.1, -0.05) is 140 Å². The Morgan fingerprint density at radius 2 is 0.800 bits per heavy atom. The highest BCUT2D eigenvalue weighted by Crippen LogP contribution is 2.42. The quantitative estimate of drug-likeness (QED) is 0.188. The van der Waals surface area contributed by atoms with Crippen molar-refractivity contribution in [3.8, 4) is 45.5 Å². The van der Waals surface area contributed by atoms with Crippen molar-refractivity contribution in [2.24, 2.45) is 0 Å². The van der Waals surface area contributed by atoms with Gasteiger partial charge in [0.05, 0.1) is 22.1 Å². The molecule has 0 aliphatic rings. The van der Waals surface area contributed by atoms with Crippen LogP contribution in [0.15, 0.2) is 176 Å². The van der Waals surface area contributed by atoms with E-state index >= 15 is 0 Å². The third kappa shape index (κ3) is 4.37. The highest BCUT2D eigenvalue weighted by Gasteiger charge is 2.23. The standard InChI is InChI=1S/C45H29N5/c1-4-16-30(17-5-1)33-22-10-11-23-34(33)44-46-43(31-18-6-2-7-19-31)47-45(48-44)50-38-27-15-13-25-36(38)42-40(50)29-28-39-41(42)35-24-12-14-26-37(35)49(39)32-20-8-3-9-21-32/h1-29H. The second-order valence-corrected chi connectivity index (χ2v) is 12.5. The minimum Gasteiger partial charge on any atom is -0.309 e. The summed E-state index contributed by atoms with van der Waals surface area (Å²) in [5, 5.41) is 4.75. The summed E-state index contributed by atoms with van der Waals surface area (Å²) in [7, 11) is 0. The van der Waals surface area contributed by atoms with Crippen LogP contribution in [0.3, 0.4) is 0 Å². The molecular weight excluding hydrogens is 611 g/mol. The van der Waals surface area contributed by atoms with Crippen molar-refractivity contribution in [1.82, 2.24) is 24.1 Å². The molecule has 0 spiro atoms. The van der Waals surface area contributed by atoms with Crippen molar-refractivity contribution >= 4 is 43.6 Å². The first-order valence-corrected chi connectivity index (χ1v) is 16.8. The molecule has 0 aliphatic heterocycles. The monoisotopic (exact) mass is 639 g/mol. The first kappa shape index (κ1) is 28.2. The van der Waals surface area contributed by atoms with Crippen LogP contribution in [0.5, 0.6) is 0 Å². The summed E-state index contributed by atoms with van der Waals surface area (Å²) in [6.07, 6.45) is 0. The van der Waals surface area contributed by atoms with Crippen LogP contribution < -0.4 is 0 Å². The van der Waals surface area contributed by atoms with Gasteiger partial charge in [0, 0.05) is 38.4 Å². The fourth-order valence-electron chi connectivity index (χ4n) is 7.44. The lowest BCUT2D eigenvalue weighted by molar-refractivity contribution is 0.954. The summed E-state index contributed by atoms with van der Waals surface area (Å²) in [6.45, 7) is 0. The van der Waals surface area contributed by atoms with E-state index in [1.807, 2.05) is 30.3 Å². The smallest absolute Gasteiger partial charge is 0.238 e. The van der Waals surface area contributed by atoms with E-state index in [2.05, 4.69) is 155 Å². The molecule has 234 valence electrons. The Kier molecular flexibility index (Phi) is 6.42. The second-order valence-electron chi connectivity index (χ2n) is 12.5. The molecule has 0 radical (unpaired) electrons. The Labute approximate surface area is 288 Å². The summed E-state index contributed by atoms with van der Waals surface area (Å²) in [5.41, 5.74) is 9.62. The van der Waals surface area contributed by atoms with Crippen molar-refractivity contribution < 1.29 is 0 Å². The fourth-order valence-corrected chi connectivity index (χ4v) is 7.44. The lowest BCUT2D eigenvalue weighted by atomic mass is 9.99. The van der Waals surface area contributed by atoms with Crippen LogP contribution in [-0.4, -0.2) is 24.1 Å². The number of hydrogen-bond acceptors (Lipinski definition) is 3. The molecule has 3 heterocycles. The summed E-state index contributed by atoms with van der Waals surface area (Å²) in [4.78, 5) is 15.6. The van der Waals surface area contributed by atoms with Gasteiger partial charge < -0.3 is 4.57 Å². The molecule has 0 unspecified atom stereocenters. The van der Waals surface area contributed by atoms with E-state index in [-0.39, 0.29) is 0 Å². The van der Waals surface area contributed by atoms with Crippen LogP contribution in [0, 0.1) is 0 Å². The molecule has 0 atom stereocenters. The summed E-state index contributed by atoms with van der Waals surface area (Å²) in [6, 6.07) is 61.3. The molecule has 3 aromatic heterocycles. The molecule has 50 heavy (non-hydrogen) atoms. The molecule has 10 rings (SSSR count). The highest BCUT2D eigenvalue weighted by molar-refractivity contribution is 6.28. The van der Waals surface area contributed by atoms with E-state index in [0.717, 1.165) is 49.9 Å². The lowest BCUT2D eigenvalue weighted by Crippen LogP contribution is -2.06. The van der Waals surface area contributed by atoms with Crippen molar-refractivity contribution in [2.45, 2.75) is 0 Å². The maximum Gasteiger partial charge on any atom is 0.238 e. The van der Waals surface area contributed by atoms with E-state index in [4.69, 9.17) is 15.0 Å². The van der Waals surface area contributed by atoms with Gasteiger partial charge in [-0.3, -0.25) is 4.57 Å². The first-order chi connectivity index (χ1) is 24.8. The van der Waals surface area contributed by atoms with Gasteiger partial charge in [-0.05, 0) is 47.5 Å².